The Kier molecular flexibility index (Phi) is 4.05. The first-order chi connectivity index (χ1) is 10.1. The van der Waals surface area contributed by atoms with Gasteiger partial charge in [-0.15, -0.1) is 5.10 Å². The zero-order valence-corrected chi connectivity index (χ0v) is 13.3. The lowest BCUT2D eigenvalue weighted by Crippen LogP contribution is -2.16. The van der Waals surface area contributed by atoms with E-state index in [0.717, 1.165) is 21.4 Å². The van der Waals surface area contributed by atoms with Crippen LogP contribution in [0.1, 0.15) is 17.3 Å². The molecule has 106 valence electrons. The van der Waals surface area contributed by atoms with Crippen LogP contribution in [0.5, 0.6) is 0 Å². The minimum Gasteiger partial charge on any atom is -0.319 e. The smallest absolute Gasteiger partial charge is 0.0858 e. The van der Waals surface area contributed by atoms with Gasteiger partial charge in [0.25, 0.3) is 0 Å². The van der Waals surface area contributed by atoms with Crippen molar-refractivity contribution in [3.05, 3.63) is 75.5 Å². The molecule has 21 heavy (non-hydrogen) atoms. The minimum absolute atomic E-state index is 0.366. The number of benzene rings is 2. The fraction of sp³-hybridized carbons (Fsp3) is 0.0667. The van der Waals surface area contributed by atoms with Crippen molar-refractivity contribution >= 4 is 27.5 Å². The summed E-state index contributed by atoms with van der Waals surface area (Å²) in [5, 5.41) is 8.73. The third-order valence-corrected chi connectivity index (χ3v) is 3.82. The van der Waals surface area contributed by atoms with Gasteiger partial charge in [0.05, 0.1) is 23.6 Å². The van der Waals surface area contributed by atoms with E-state index in [0.29, 0.717) is 5.02 Å². The van der Waals surface area contributed by atoms with Gasteiger partial charge in [-0.25, -0.2) is 4.68 Å². The van der Waals surface area contributed by atoms with Crippen LogP contribution in [0, 0.1) is 0 Å². The summed E-state index contributed by atoms with van der Waals surface area (Å²) in [6.45, 7) is 0. The molecule has 1 aromatic heterocycles. The van der Waals surface area contributed by atoms with E-state index in [1.54, 1.807) is 10.9 Å². The molecule has 1 atom stereocenters. The molecule has 0 radical (unpaired) electrons. The quantitative estimate of drug-likeness (QED) is 0.771. The highest BCUT2D eigenvalue weighted by Gasteiger charge is 2.17. The van der Waals surface area contributed by atoms with Crippen LogP contribution in [0.25, 0.3) is 5.69 Å². The monoisotopic (exact) mass is 362 g/mol. The highest BCUT2D eigenvalue weighted by atomic mass is 79.9. The molecule has 0 saturated heterocycles. The fourth-order valence-electron chi connectivity index (χ4n) is 2.15. The Labute approximate surface area is 135 Å². The molecule has 6 heteroatoms. The predicted molar refractivity (Wildman–Crippen MR) is 86.5 cm³/mol. The van der Waals surface area contributed by atoms with E-state index in [-0.39, 0.29) is 6.04 Å². The second-order valence-corrected chi connectivity index (χ2v) is 5.94. The highest BCUT2D eigenvalue weighted by Crippen LogP contribution is 2.27. The van der Waals surface area contributed by atoms with Crippen molar-refractivity contribution in [1.82, 2.24) is 15.0 Å². The van der Waals surface area contributed by atoms with Gasteiger partial charge in [-0.2, -0.15) is 0 Å². The van der Waals surface area contributed by atoms with Crippen molar-refractivity contribution in [2.75, 3.05) is 0 Å². The largest absolute Gasteiger partial charge is 0.319 e. The first-order valence-corrected chi connectivity index (χ1v) is 7.50. The third kappa shape index (κ3) is 3.00. The molecular weight excluding hydrogens is 352 g/mol. The van der Waals surface area contributed by atoms with E-state index >= 15 is 0 Å². The van der Waals surface area contributed by atoms with Gasteiger partial charge in [0, 0.05) is 9.50 Å². The molecule has 0 amide bonds. The maximum atomic E-state index is 6.36. The Hall–Kier alpha value is -1.69. The average molecular weight is 364 g/mol. The fourth-order valence-corrected chi connectivity index (χ4v) is 3.04. The number of hydrogen-bond acceptors (Lipinski definition) is 3. The first kappa shape index (κ1) is 14.3. The zero-order chi connectivity index (χ0) is 14.8. The van der Waals surface area contributed by atoms with Crippen LogP contribution >= 0.6 is 27.5 Å². The van der Waals surface area contributed by atoms with Crippen molar-refractivity contribution < 1.29 is 0 Å². The summed E-state index contributed by atoms with van der Waals surface area (Å²) in [5.74, 6) is 0. The SMILES string of the molecule is NC(c1cc(Cl)cc(Br)c1)c1cnnn1-c1ccccc1. The highest BCUT2D eigenvalue weighted by molar-refractivity contribution is 9.10. The van der Waals surface area contributed by atoms with Gasteiger partial charge in [-0.05, 0) is 35.9 Å². The molecule has 4 nitrogen and oxygen atoms in total. The summed E-state index contributed by atoms with van der Waals surface area (Å²) in [6, 6.07) is 15.0. The van der Waals surface area contributed by atoms with E-state index in [4.69, 9.17) is 17.3 Å². The van der Waals surface area contributed by atoms with E-state index in [9.17, 15) is 0 Å². The normalized spacial score (nSPS) is 12.3. The minimum atomic E-state index is -0.366. The number of halogens is 2. The summed E-state index contributed by atoms with van der Waals surface area (Å²) in [6.07, 6.45) is 1.67. The van der Waals surface area contributed by atoms with Crippen LogP contribution in [0.15, 0.2) is 59.2 Å². The average Bonchev–Trinajstić information content (AvgIpc) is 2.95. The van der Waals surface area contributed by atoms with Crippen molar-refractivity contribution in [1.29, 1.82) is 0 Å². The van der Waals surface area contributed by atoms with Crippen LogP contribution in [0.3, 0.4) is 0 Å². The maximum absolute atomic E-state index is 6.36. The second kappa shape index (κ2) is 5.97. The zero-order valence-electron chi connectivity index (χ0n) is 10.9. The van der Waals surface area contributed by atoms with Crippen molar-refractivity contribution in [3.63, 3.8) is 0 Å². The molecule has 0 aliphatic heterocycles. The summed E-state index contributed by atoms with van der Waals surface area (Å²) >= 11 is 9.52. The number of nitrogens with two attached hydrogens (primary N) is 1. The topological polar surface area (TPSA) is 56.7 Å². The molecule has 0 spiro atoms. The number of hydrogen-bond donors (Lipinski definition) is 1. The Morgan fingerprint density at radius 3 is 2.62 bits per heavy atom. The van der Waals surface area contributed by atoms with Gasteiger partial charge in [0.1, 0.15) is 0 Å². The number of para-hydroxylation sites is 1. The van der Waals surface area contributed by atoms with Gasteiger partial charge < -0.3 is 5.73 Å². The van der Waals surface area contributed by atoms with Gasteiger partial charge in [-0.1, -0.05) is 50.9 Å². The van der Waals surface area contributed by atoms with Gasteiger partial charge in [-0.3, -0.25) is 0 Å². The molecule has 1 heterocycles. The Balaban J connectivity index is 2.03. The molecule has 2 N–H and O–H groups in total. The molecule has 2 aromatic carbocycles. The van der Waals surface area contributed by atoms with Crippen LogP contribution in [0.4, 0.5) is 0 Å². The van der Waals surface area contributed by atoms with Crippen molar-refractivity contribution in [3.8, 4) is 5.69 Å². The number of nitrogens with zero attached hydrogens (tertiary/aromatic N) is 3. The number of aromatic nitrogens is 3. The molecule has 3 aromatic rings. The van der Waals surface area contributed by atoms with Crippen LogP contribution in [0.2, 0.25) is 5.02 Å². The lowest BCUT2D eigenvalue weighted by atomic mass is 10.1. The van der Waals surface area contributed by atoms with Crippen LogP contribution in [-0.4, -0.2) is 15.0 Å². The molecule has 1 unspecified atom stereocenters. The molecule has 0 aliphatic rings. The molecular formula is C15H12BrClN4. The number of rotatable bonds is 3. The van der Waals surface area contributed by atoms with Crippen molar-refractivity contribution in [2.45, 2.75) is 6.04 Å². The lowest BCUT2D eigenvalue weighted by Gasteiger charge is -2.14. The van der Waals surface area contributed by atoms with E-state index in [2.05, 4.69) is 26.2 Å². The molecule has 3 rings (SSSR count). The predicted octanol–water partition coefficient (Wildman–Crippen LogP) is 3.73. The van der Waals surface area contributed by atoms with Gasteiger partial charge >= 0.3 is 0 Å². The van der Waals surface area contributed by atoms with Crippen molar-refractivity contribution in [2.24, 2.45) is 5.73 Å². The van der Waals surface area contributed by atoms with Crippen LogP contribution < -0.4 is 5.73 Å². The maximum Gasteiger partial charge on any atom is 0.0858 e. The first-order valence-electron chi connectivity index (χ1n) is 6.33. The second-order valence-electron chi connectivity index (χ2n) is 4.59. The van der Waals surface area contributed by atoms with E-state index in [1.165, 1.54) is 0 Å². The Bertz CT molecular complexity index is 737. The Morgan fingerprint density at radius 1 is 1.14 bits per heavy atom. The lowest BCUT2D eigenvalue weighted by molar-refractivity contribution is 0.719. The van der Waals surface area contributed by atoms with Gasteiger partial charge in [0.15, 0.2) is 0 Å². The molecule has 0 fully saturated rings. The summed E-state index contributed by atoms with van der Waals surface area (Å²) in [7, 11) is 0. The molecule has 0 saturated carbocycles. The standard InChI is InChI=1S/C15H12BrClN4/c16-11-6-10(7-12(17)8-11)15(18)14-9-19-20-21(14)13-4-2-1-3-5-13/h1-9,15H,18H2. The summed E-state index contributed by atoms with van der Waals surface area (Å²) < 4.78 is 2.62. The van der Waals surface area contributed by atoms with Crippen LogP contribution in [-0.2, 0) is 0 Å². The summed E-state index contributed by atoms with van der Waals surface area (Å²) in [5.41, 5.74) is 8.97. The molecule has 0 bridgehead atoms. The van der Waals surface area contributed by atoms with E-state index < -0.39 is 0 Å². The third-order valence-electron chi connectivity index (χ3n) is 3.14. The Morgan fingerprint density at radius 2 is 1.90 bits per heavy atom. The van der Waals surface area contributed by atoms with Gasteiger partial charge in [0.2, 0.25) is 0 Å². The molecule has 0 aliphatic carbocycles. The summed E-state index contributed by atoms with van der Waals surface area (Å²) in [4.78, 5) is 0. The van der Waals surface area contributed by atoms with E-state index in [1.807, 2.05) is 48.5 Å².